The summed E-state index contributed by atoms with van der Waals surface area (Å²) in [4.78, 5) is 4.13. The molecule has 2 heterocycles. The Hall–Kier alpha value is -1.84. The van der Waals surface area contributed by atoms with Gasteiger partial charge in [-0.3, -0.25) is 10.1 Å². The average Bonchev–Trinajstić information content (AvgIpc) is 2.56. The van der Waals surface area contributed by atoms with Gasteiger partial charge in [0.05, 0.1) is 11.4 Å². The van der Waals surface area contributed by atoms with E-state index < -0.39 is 0 Å². The van der Waals surface area contributed by atoms with E-state index in [1.54, 1.807) is 24.5 Å². The molecule has 0 unspecified atom stereocenters. The highest BCUT2D eigenvalue weighted by Crippen LogP contribution is 2.14. The monoisotopic (exact) mass is 160 g/mol. The van der Waals surface area contributed by atoms with E-state index in [4.69, 9.17) is 5.73 Å². The molecule has 0 aliphatic heterocycles. The zero-order chi connectivity index (χ0) is 8.39. The normalized spacial score (nSPS) is 10.0. The maximum Gasteiger partial charge on any atom is 0.0900 e. The number of nitrogen functional groups attached to an aromatic ring is 1. The lowest BCUT2D eigenvalue weighted by Crippen LogP contribution is -1.88. The topological polar surface area (TPSA) is 67.6 Å². The van der Waals surface area contributed by atoms with Gasteiger partial charge in [0, 0.05) is 18.1 Å². The van der Waals surface area contributed by atoms with Crippen LogP contribution in [0, 0.1) is 0 Å². The zero-order valence-corrected chi connectivity index (χ0v) is 6.36. The standard InChI is InChI=1S/C8H8N4/c9-6-1-3-10-8(5-6)7-2-4-11-12-7/h1-5H,(H2,9,10)(H,11,12). The Kier molecular flexibility index (Phi) is 1.51. The quantitative estimate of drug-likeness (QED) is 0.655. The lowest BCUT2D eigenvalue weighted by molar-refractivity contribution is 1.09. The molecule has 4 nitrogen and oxygen atoms in total. The maximum atomic E-state index is 5.59. The Morgan fingerprint density at radius 2 is 2.17 bits per heavy atom. The van der Waals surface area contributed by atoms with E-state index in [2.05, 4.69) is 15.2 Å². The Morgan fingerprint density at radius 1 is 1.25 bits per heavy atom. The molecule has 4 heteroatoms. The Balaban J connectivity index is 2.48. The highest BCUT2D eigenvalue weighted by atomic mass is 15.1. The number of hydrogen-bond donors (Lipinski definition) is 2. The van der Waals surface area contributed by atoms with Gasteiger partial charge in [0.25, 0.3) is 0 Å². The third-order valence-electron chi connectivity index (χ3n) is 1.56. The SMILES string of the molecule is Nc1ccnc(-c2ccn[nH]2)c1. The first-order valence-electron chi connectivity index (χ1n) is 3.57. The van der Waals surface area contributed by atoms with E-state index in [0.717, 1.165) is 11.4 Å². The molecule has 60 valence electrons. The minimum atomic E-state index is 0.703. The first kappa shape index (κ1) is 6.84. The van der Waals surface area contributed by atoms with Gasteiger partial charge < -0.3 is 5.73 Å². The van der Waals surface area contributed by atoms with Crippen molar-refractivity contribution < 1.29 is 0 Å². The van der Waals surface area contributed by atoms with Crippen LogP contribution in [0.25, 0.3) is 11.4 Å². The lowest BCUT2D eigenvalue weighted by Gasteiger charge is -1.96. The Morgan fingerprint density at radius 3 is 2.83 bits per heavy atom. The number of hydrogen-bond acceptors (Lipinski definition) is 3. The fourth-order valence-electron chi connectivity index (χ4n) is 0.993. The molecule has 12 heavy (non-hydrogen) atoms. The van der Waals surface area contributed by atoms with Crippen LogP contribution in [-0.2, 0) is 0 Å². The number of nitrogens with two attached hydrogens (primary N) is 1. The first-order chi connectivity index (χ1) is 5.86. The maximum absolute atomic E-state index is 5.59. The third-order valence-corrected chi connectivity index (χ3v) is 1.56. The van der Waals surface area contributed by atoms with Crippen LogP contribution >= 0.6 is 0 Å². The van der Waals surface area contributed by atoms with Gasteiger partial charge in [-0.15, -0.1) is 0 Å². The molecule has 0 atom stereocenters. The summed E-state index contributed by atoms with van der Waals surface area (Å²) < 4.78 is 0. The van der Waals surface area contributed by atoms with Crippen molar-refractivity contribution in [3.63, 3.8) is 0 Å². The fraction of sp³-hybridized carbons (Fsp3) is 0. The van der Waals surface area contributed by atoms with Gasteiger partial charge in [-0.2, -0.15) is 5.10 Å². The molecule has 0 aliphatic rings. The number of aromatic amines is 1. The van der Waals surface area contributed by atoms with Gasteiger partial charge >= 0.3 is 0 Å². The third kappa shape index (κ3) is 1.14. The van der Waals surface area contributed by atoms with Crippen LogP contribution in [0.1, 0.15) is 0 Å². The van der Waals surface area contributed by atoms with Crippen molar-refractivity contribution in [2.75, 3.05) is 5.73 Å². The van der Waals surface area contributed by atoms with Crippen LogP contribution in [0.2, 0.25) is 0 Å². The van der Waals surface area contributed by atoms with Gasteiger partial charge in [-0.1, -0.05) is 0 Å². The van der Waals surface area contributed by atoms with E-state index in [0.29, 0.717) is 5.69 Å². The zero-order valence-electron chi connectivity index (χ0n) is 6.36. The molecule has 0 amide bonds. The Bertz CT molecular complexity index is 366. The predicted octanol–water partition coefficient (Wildman–Crippen LogP) is 1.05. The summed E-state index contributed by atoms with van der Waals surface area (Å²) in [7, 11) is 0. The molecule has 3 N–H and O–H groups in total. The summed E-state index contributed by atoms with van der Waals surface area (Å²) in [6, 6.07) is 5.40. The van der Waals surface area contributed by atoms with Crippen molar-refractivity contribution >= 4 is 5.69 Å². The molecule has 2 aromatic rings. The summed E-state index contributed by atoms with van der Waals surface area (Å²) in [5, 5.41) is 6.64. The molecular formula is C8H8N4. The van der Waals surface area contributed by atoms with Crippen LogP contribution in [-0.4, -0.2) is 15.2 Å². The van der Waals surface area contributed by atoms with E-state index in [-0.39, 0.29) is 0 Å². The van der Waals surface area contributed by atoms with Gasteiger partial charge in [-0.25, -0.2) is 0 Å². The van der Waals surface area contributed by atoms with Gasteiger partial charge in [0.2, 0.25) is 0 Å². The lowest BCUT2D eigenvalue weighted by atomic mass is 10.2. The number of H-pyrrole nitrogens is 1. The van der Waals surface area contributed by atoms with E-state index in [9.17, 15) is 0 Å². The molecule has 0 radical (unpaired) electrons. The molecule has 2 aromatic heterocycles. The molecule has 0 fully saturated rings. The van der Waals surface area contributed by atoms with Gasteiger partial charge in [-0.05, 0) is 18.2 Å². The first-order valence-corrected chi connectivity index (χ1v) is 3.57. The second-order valence-corrected chi connectivity index (χ2v) is 2.44. The summed E-state index contributed by atoms with van der Waals surface area (Å²) in [5.41, 5.74) is 7.98. The summed E-state index contributed by atoms with van der Waals surface area (Å²) >= 11 is 0. The van der Waals surface area contributed by atoms with Crippen molar-refractivity contribution in [1.82, 2.24) is 15.2 Å². The number of nitrogens with zero attached hydrogens (tertiary/aromatic N) is 2. The van der Waals surface area contributed by atoms with Gasteiger partial charge in [0.15, 0.2) is 0 Å². The van der Waals surface area contributed by atoms with Crippen LogP contribution < -0.4 is 5.73 Å². The van der Waals surface area contributed by atoms with Crippen LogP contribution in [0.4, 0.5) is 5.69 Å². The minimum Gasteiger partial charge on any atom is -0.399 e. The Labute approximate surface area is 69.4 Å². The average molecular weight is 160 g/mol. The summed E-state index contributed by atoms with van der Waals surface area (Å²) in [5.74, 6) is 0. The van der Waals surface area contributed by atoms with Crippen molar-refractivity contribution in [3.8, 4) is 11.4 Å². The van der Waals surface area contributed by atoms with Crippen molar-refractivity contribution in [3.05, 3.63) is 30.6 Å². The number of aromatic nitrogens is 3. The van der Waals surface area contributed by atoms with Crippen LogP contribution in [0.3, 0.4) is 0 Å². The molecule has 2 rings (SSSR count). The number of nitrogens with one attached hydrogen (secondary N) is 1. The molecule has 0 aromatic carbocycles. The van der Waals surface area contributed by atoms with Crippen LogP contribution in [0.5, 0.6) is 0 Å². The molecular weight excluding hydrogens is 152 g/mol. The highest BCUT2D eigenvalue weighted by Gasteiger charge is 1.98. The number of pyridine rings is 1. The molecule has 0 saturated carbocycles. The highest BCUT2D eigenvalue weighted by molar-refractivity contribution is 5.58. The van der Waals surface area contributed by atoms with Gasteiger partial charge in [0.1, 0.15) is 0 Å². The predicted molar refractivity (Wildman–Crippen MR) is 46.2 cm³/mol. The summed E-state index contributed by atoms with van der Waals surface area (Å²) in [6.45, 7) is 0. The van der Waals surface area contributed by atoms with Crippen molar-refractivity contribution in [2.45, 2.75) is 0 Å². The summed E-state index contributed by atoms with van der Waals surface area (Å²) in [6.07, 6.45) is 3.35. The molecule has 0 bridgehead atoms. The molecule has 0 spiro atoms. The molecule has 0 saturated heterocycles. The number of anilines is 1. The van der Waals surface area contributed by atoms with Crippen LogP contribution in [0.15, 0.2) is 30.6 Å². The number of rotatable bonds is 1. The minimum absolute atomic E-state index is 0.703. The van der Waals surface area contributed by atoms with E-state index >= 15 is 0 Å². The smallest absolute Gasteiger partial charge is 0.0900 e. The fourth-order valence-corrected chi connectivity index (χ4v) is 0.993. The second-order valence-electron chi connectivity index (χ2n) is 2.44. The molecule has 0 aliphatic carbocycles. The second kappa shape index (κ2) is 2.65. The largest absolute Gasteiger partial charge is 0.399 e. The van der Waals surface area contributed by atoms with Crippen molar-refractivity contribution in [1.29, 1.82) is 0 Å². The van der Waals surface area contributed by atoms with Crippen molar-refractivity contribution in [2.24, 2.45) is 0 Å². The van der Waals surface area contributed by atoms with E-state index in [1.165, 1.54) is 0 Å². The van der Waals surface area contributed by atoms with E-state index in [1.807, 2.05) is 6.07 Å².